The summed E-state index contributed by atoms with van der Waals surface area (Å²) in [5.74, 6) is 0. The molecule has 0 amide bonds. The highest BCUT2D eigenvalue weighted by molar-refractivity contribution is 7.11. The van der Waals surface area contributed by atoms with Crippen LogP contribution < -0.4 is 5.73 Å². The van der Waals surface area contributed by atoms with Crippen molar-refractivity contribution < 1.29 is 0 Å². The summed E-state index contributed by atoms with van der Waals surface area (Å²) < 4.78 is 0. The van der Waals surface area contributed by atoms with Gasteiger partial charge in [-0.25, -0.2) is 4.98 Å². The van der Waals surface area contributed by atoms with Crippen LogP contribution in [0.1, 0.15) is 34.5 Å². The summed E-state index contributed by atoms with van der Waals surface area (Å²) in [4.78, 5) is 5.92. The average Bonchev–Trinajstić information content (AvgIpc) is 2.75. The van der Waals surface area contributed by atoms with Gasteiger partial charge in [-0.2, -0.15) is 0 Å². The number of hydrogen-bond donors (Lipinski definition) is 1. The molecule has 0 aliphatic carbocycles. The van der Waals surface area contributed by atoms with Crippen LogP contribution in [0.3, 0.4) is 0 Å². The third kappa shape index (κ3) is 3.31. The maximum atomic E-state index is 5.88. The fourth-order valence-electron chi connectivity index (χ4n) is 1.88. The number of aryl methyl sites for hydroxylation is 1. The van der Waals surface area contributed by atoms with Crippen LogP contribution in [0.4, 0.5) is 0 Å². The Morgan fingerprint density at radius 3 is 2.61 bits per heavy atom. The van der Waals surface area contributed by atoms with Crippen LogP contribution in [0.5, 0.6) is 0 Å². The van der Waals surface area contributed by atoms with Crippen molar-refractivity contribution in [1.29, 1.82) is 0 Å². The Kier molecular flexibility index (Phi) is 4.75. The molecule has 18 heavy (non-hydrogen) atoms. The van der Waals surface area contributed by atoms with Crippen LogP contribution in [-0.4, -0.2) is 4.98 Å². The molecule has 1 aromatic carbocycles. The van der Waals surface area contributed by atoms with E-state index < -0.39 is 0 Å². The smallest absolute Gasteiger partial charge is 0.0975 e. The first-order chi connectivity index (χ1) is 8.72. The van der Waals surface area contributed by atoms with Crippen molar-refractivity contribution >= 4 is 22.9 Å². The van der Waals surface area contributed by atoms with Gasteiger partial charge in [-0.1, -0.05) is 37.1 Å². The monoisotopic (exact) mass is 280 g/mol. The minimum absolute atomic E-state index is 0.591. The predicted molar refractivity (Wildman–Crippen MR) is 78.3 cm³/mol. The Bertz CT molecular complexity index is 505. The molecule has 1 heterocycles. The first-order valence-electron chi connectivity index (χ1n) is 6.15. The lowest BCUT2D eigenvalue weighted by Crippen LogP contribution is -1.98. The van der Waals surface area contributed by atoms with Crippen LogP contribution in [0.15, 0.2) is 24.3 Å². The molecular weight excluding hydrogens is 264 g/mol. The average molecular weight is 281 g/mol. The lowest BCUT2D eigenvalue weighted by Gasteiger charge is -1.97. The normalized spacial score (nSPS) is 10.8. The maximum absolute atomic E-state index is 5.88. The molecule has 4 heteroatoms. The Morgan fingerprint density at radius 1 is 1.28 bits per heavy atom. The standard InChI is InChI=1S/C14H17ClN2S/c1-2-3-12-13(9-16)18-14(17-12)8-10-4-6-11(15)7-5-10/h4-7H,2-3,8-9,16H2,1H3. The number of rotatable bonds is 5. The summed E-state index contributed by atoms with van der Waals surface area (Å²) in [5, 5.41) is 1.91. The zero-order valence-electron chi connectivity index (χ0n) is 10.4. The molecule has 96 valence electrons. The minimum Gasteiger partial charge on any atom is -0.326 e. The molecule has 0 saturated heterocycles. The predicted octanol–water partition coefficient (Wildman–Crippen LogP) is 3.80. The number of nitrogens with two attached hydrogens (primary N) is 1. The molecule has 0 radical (unpaired) electrons. The van der Waals surface area contributed by atoms with Crippen molar-refractivity contribution in [3.8, 4) is 0 Å². The summed E-state index contributed by atoms with van der Waals surface area (Å²) in [6.45, 7) is 2.76. The van der Waals surface area contributed by atoms with E-state index in [1.807, 2.05) is 24.3 Å². The van der Waals surface area contributed by atoms with E-state index in [4.69, 9.17) is 22.3 Å². The van der Waals surface area contributed by atoms with Gasteiger partial charge in [0.1, 0.15) is 0 Å². The van der Waals surface area contributed by atoms with Gasteiger partial charge in [-0.15, -0.1) is 11.3 Å². The fourth-order valence-corrected chi connectivity index (χ4v) is 3.03. The van der Waals surface area contributed by atoms with Crippen molar-refractivity contribution in [3.63, 3.8) is 0 Å². The van der Waals surface area contributed by atoms with Crippen LogP contribution in [0.25, 0.3) is 0 Å². The highest BCUT2D eigenvalue weighted by Crippen LogP contribution is 2.22. The summed E-state index contributed by atoms with van der Waals surface area (Å²) in [6.07, 6.45) is 2.99. The van der Waals surface area contributed by atoms with E-state index in [9.17, 15) is 0 Å². The number of thiazole rings is 1. The lowest BCUT2D eigenvalue weighted by molar-refractivity contribution is 0.863. The highest BCUT2D eigenvalue weighted by atomic mass is 35.5. The zero-order valence-corrected chi connectivity index (χ0v) is 12.0. The number of hydrogen-bond acceptors (Lipinski definition) is 3. The van der Waals surface area contributed by atoms with Crippen LogP contribution >= 0.6 is 22.9 Å². The molecular formula is C14H17ClN2S. The molecule has 0 bridgehead atoms. The van der Waals surface area contributed by atoms with Crippen LogP contribution in [0.2, 0.25) is 5.02 Å². The van der Waals surface area contributed by atoms with Crippen molar-refractivity contribution in [2.45, 2.75) is 32.7 Å². The second-order valence-corrected chi connectivity index (χ2v) is 5.84. The molecule has 0 fully saturated rings. The maximum Gasteiger partial charge on any atom is 0.0975 e. The van der Waals surface area contributed by atoms with Gasteiger partial charge >= 0.3 is 0 Å². The first-order valence-corrected chi connectivity index (χ1v) is 7.34. The highest BCUT2D eigenvalue weighted by Gasteiger charge is 2.09. The van der Waals surface area contributed by atoms with Gasteiger partial charge in [0.05, 0.1) is 10.7 Å². The van der Waals surface area contributed by atoms with Gasteiger partial charge in [-0.05, 0) is 24.1 Å². The molecule has 2 aromatic rings. The Labute approximate surface area is 117 Å². The number of halogens is 1. The van der Waals surface area contributed by atoms with Gasteiger partial charge in [0, 0.05) is 22.9 Å². The van der Waals surface area contributed by atoms with Gasteiger partial charge in [0.2, 0.25) is 0 Å². The molecule has 0 atom stereocenters. The summed E-state index contributed by atoms with van der Waals surface area (Å²) in [7, 11) is 0. The van der Waals surface area contributed by atoms with E-state index in [1.54, 1.807) is 11.3 Å². The van der Waals surface area contributed by atoms with Crippen molar-refractivity contribution in [2.24, 2.45) is 5.73 Å². The first kappa shape index (κ1) is 13.5. The van der Waals surface area contributed by atoms with Crippen LogP contribution in [0, 0.1) is 0 Å². The molecule has 2 nitrogen and oxygen atoms in total. The molecule has 0 saturated carbocycles. The van der Waals surface area contributed by atoms with E-state index in [1.165, 1.54) is 16.1 Å². The second kappa shape index (κ2) is 6.32. The lowest BCUT2D eigenvalue weighted by atomic mass is 10.1. The van der Waals surface area contributed by atoms with Gasteiger partial charge in [0.15, 0.2) is 0 Å². The Balaban J connectivity index is 2.16. The molecule has 0 aliphatic heterocycles. The molecule has 0 unspecified atom stereocenters. The largest absolute Gasteiger partial charge is 0.326 e. The SMILES string of the molecule is CCCc1nc(Cc2ccc(Cl)cc2)sc1CN. The molecule has 0 aliphatic rings. The van der Waals surface area contributed by atoms with Crippen molar-refractivity contribution in [1.82, 2.24) is 4.98 Å². The third-order valence-electron chi connectivity index (χ3n) is 2.76. The van der Waals surface area contributed by atoms with E-state index >= 15 is 0 Å². The zero-order chi connectivity index (χ0) is 13.0. The number of nitrogens with zero attached hydrogens (tertiary/aromatic N) is 1. The van der Waals surface area contributed by atoms with E-state index in [0.717, 1.165) is 29.3 Å². The van der Waals surface area contributed by atoms with Gasteiger partial charge in [0.25, 0.3) is 0 Å². The molecule has 2 rings (SSSR count). The van der Waals surface area contributed by atoms with Crippen LogP contribution in [-0.2, 0) is 19.4 Å². The summed E-state index contributed by atoms with van der Waals surface area (Å²) in [5.41, 5.74) is 8.17. The quantitative estimate of drug-likeness (QED) is 0.905. The Hall–Kier alpha value is -0.900. The fraction of sp³-hybridized carbons (Fsp3) is 0.357. The minimum atomic E-state index is 0.591. The van der Waals surface area contributed by atoms with Gasteiger partial charge in [-0.3, -0.25) is 0 Å². The van der Waals surface area contributed by atoms with Crippen molar-refractivity contribution in [3.05, 3.63) is 50.4 Å². The van der Waals surface area contributed by atoms with Gasteiger partial charge < -0.3 is 5.73 Å². The summed E-state index contributed by atoms with van der Waals surface area (Å²) in [6, 6.07) is 7.93. The van der Waals surface area contributed by atoms with E-state index in [2.05, 4.69) is 6.92 Å². The van der Waals surface area contributed by atoms with E-state index in [-0.39, 0.29) is 0 Å². The Morgan fingerprint density at radius 2 is 2.00 bits per heavy atom. The topological polar surface area (TPSA) is 38.9 Å². The third-order valence-corrected chi connectivity index (χ3v) is 4.14. The number of benzene rings is 1. The van der Waals surface area contributed by atoms with Crippen molar-refractivity contribution in [2.75, 3.05) is 0 Å². The van der Waals surface area contributed by atoms with E-state index in [0.29, 0.717) is 6.54 Å². The molecule has 0 spiro atoms. The molecule has 1 aromatic heterocycles. The number of aromatic nitrogens is 1. The second-order valence-electron chi connectivity index (χ2n) is 4.23. The molecule has 2 N–H and O–H groups in total. The summed E-state index contributed by atoms with van der Waals surface area (Å²) >= 11 is 7.61.